The first-order valence-electron chi connectivity index (χ1n) is 2.49. The van der Waals surface area contributed by atoms with E-state index in [0.29, 0.717) is 5.36 Å². The third kappa shape index (κ3) is 1.19. The minimum Gasteiger partial charge on any atom is -0.301 e. The highest BCUT2D eigenvalue weighted by Crippen LogP contribution is 1.73. The van der Waals surface area contributed by atoms with E-state index in [0.717, 1.165) is 0 Å². The van der Waals surface area contributed by atoms with Crippen LogP contribution in [0.4, 0.5) is 0 Å². The third-order valence-electron chi connectivity index (χ3n) is 0.885. The quantitative estimate of drug-likeness (QED) is 0.512. The number of rotatable bonds is 0. The van der Waals surface area contributed by atoms with Gasteiger partial charge in [-0.3, -0.25) is 0 Å². The molecule has 0 spiro atoms. The fourth-order valence-electron chi connectivity index (χ4n) is 0.502. The van der Waals surface area contributed by atoms with Crippen LogP contribution < -0.4 is 5.36 Å². The van der Waals surface area contributed by atoms with Crippen LogP contribution in [0.1, 0.15) is 0 Å². The second-order valence-corrected chi connectivity index (χ2v) is 1.56. The van der Waals surface area contributed by atoms with Crippen LogP contribution in [-0.2, 0) is 0 Å². The van der Waals surface area contributed by atoms with Crippen LogP contribution in [-0.4, -0.2) is 0 Å². The summed E-state index contributed by atoms with van der Waals surface area (Å²) < 4.78 is 0. The van der Waals surface area contributed by atoms with E-state index in [4.69, 9.17) is 5.41 Å². The first kappa shape index (κ1) is 5.04. The van der Waals surface area contributed by atoms with E-state index < -0.39 is 0 Å². The lowest BCUT2D eigenvalue weighted by molar-refractivity contribution is 1.29. The maximum absolute atomic E-state index is 7.12. The smallest absolute Gasteiger partial charge is 0.0539 e. The summed E-state index contributed by atoms with van der Waals surface area (Å²) in [5.74, 6) is 0. The van der Waals surface area contributed by atoms with Crippen molar-refractivity contribution < 1.29 is 0 Å². The molecular weight excluding hydrogens is 98.1 g/mol. The van der Waals surface area contributed by atoms with Crippen molar-refractivity contribution in [3.63, 3.8) is 0 Å². The summed E-state index contributed by atoms with van der Waals surface area (Å²) in [5, 5.41) is 7.67. The molecule has 0 saturated carbocycles. The minimum atomic E-state index is 0.551. The van der Waals surface area contributed by atoms with Gasteiger partial charge in [0.15, 0.2) is 0 Å². The summed E-state index contributed by atoms with van der Waals surface area (Å²) in [6.07, 6.45) is 0. The van der Waals surface area contributed by atoms with Gasteiger partial charge in [-0.25, -0.2) is 0 Å². The molecule has 0 radical (unpaired) electrons. The molecule has 8 heavy (non-hydrogen) atoms. The fraction of sp³-hybridized carbons (Fsp3) is 0. The predicted molar refractivity (Wildman–Crippen MR) is 32.3 cm³/mol. The standard InChI is InChI=1S/C7H7N/c8-7-5-3-1-2-4-6-7/h1-6,8H. The van der Waals surface area contributed by atoms with Gasteiger partial charge in [0.1, 0.15) is 0 Å². The monoisotopic (exact) mass is 105 g/mol. The molecule has 0 heterocycles. The summed E-state index contributed by atoms with van der Waals surface area (Å²) in [5.41, 5.74) is 0. The molecule has 0 aliphatic heterocycles. The Morgan fingerprint density at radius 1 is 0.875 bits per heavy atom. The van der Waals surface area contributed by atoms with Crippen LogP contribution in [0.15, 0.2) is 36.4 Å². The highest BCUT2D eigenvalue weighted by Gasteiger charge is 1.65. The molecule has 40 valence electrons. The molecule has 1 aromatic rings. The van der Waals surface area contributed by atoms with E-state index in [1.54, 1.807) is 12.1 Å². The van der Waals surface area contributed by atoms with Gasteiger partial charge in [-0.1, -0.05) is 24.3 Å². The first-order valence-corrected chi connectivity index (χ1v) is 2.49. The Bertz CT molecular complexity index is 195. The Morgan fingerprint density at radius 2 is 1.38 bits per heavy atom. The van der Waals surface area contributed by atoms with Gasteiger partial charge in [-0.15, -0.1) is 0 Å². The van der Waals surface area contributed by atoms with Crippen molar-refractivity contribution in [2.75, 3.05) is 0 Å². The van der Waals surface area contributed by atoms with Crippen molar-refractivity contribution >= 4 is 0 Å². The Kier molecular flexibility index (Phi) is 1.42. The van der Waals surface area contributed by atoms with Gasteiger partial charge in [0.2, 0.25) is 0 Å². The van der Waals surface area contributed by atoms with Gasteiger partial charge in [0, 0.05) is 0 Å². The van der Waals surface area contributed by atoms with Crippen LogP contribution in [0.2, 0.25) is 0 Å². The van der Waals surface area contributed by atoms with Gasteiger partial charge < -0.3 is 5.41 Å². The lowest BCUT2D eigenvalue weighted by Gasteiger charge is -1.61. The topological polar surface area (TPSA) is 23.9 Å². The molecule has 0 amide bonds. The van der Waals surface area contributed by atoms with Crippen molar-refractivity contribution in [3.05, 3.63) is 41.8 Å². The summed E-state index contributed by atoms with van der Waals surface area (Å²) in [7, 11) is 0. The highest BCUT2D eigenvalue weighted by atomic mass is 14.3. The summed E-state index contributed by atoms with van der Waals surface area (Å²) >= 11 is 0. The lowest BCUT2D eigenvalue weighted by atomic mass is 10.5. The Labute approximate surface area is 48.1 Å². The van der Waals surface area contributed by atoms with E-state index in [-0.39, 0.29) is 0 Å². The molecule has 0 unspecified atom stereocenters. The molecule has 1 heteroatoms. The van der Waals surface area contributed by atoms with E-state index in [9.17, 15) is 0 Å². The van der Waals surface area contributed by atoms with Crippen molar-refractivity contribution in [2.24, 2.45) is 0 Å². The Morgan fingerprint density at radius 3 is 1.88 bits per heavy atom. The largest absolute Gasteiger partial charge is 0.301 e. The van der Waals surface area contributed by atoms with Gasteiger partial charge in [0.05, 0.1) is 5.36 Å². The molecule has 0 aromatic heterocycles. The first-order chi connectivity index (χ1) is 3.89. The molecule has 1 aromatic carbocycles. The fourth-order valence-corrected chi connectivity index (χ4v) is 0.502. The molecule has 0 atom stereocenters. The molecule has 1 nitrogen and oxygen atoms in total. The van der Waals surface area contributed by atoms with Crippen LogP contribution >= 0.6 is 0 Å². The second-order valence-electron chi connectivity index (χ2n) is 1.56. The highest BCUT2D eigenvalue weighted by molar-refractivity contribution is 4.98. The zero-order valence-corrected chi connectivity index (χ0v) is 4.46. The SMILES string of the molecule is N=c1cccccc1. The van der Waals surface area contributed by atoms with Gasteiger partial charge >= 0.3 is 0 Å². The van der Waals surface area contributed by atoms with Crippen LogP contribution in [0.3, 0.4) is 0 Å². The molecule has 0 saturated heterocycles. The Hall–Kier alpha value is -1.11. The van der Waals surface area contributed by atoms with E-state index in [1.165, 1.54) is 0 Å². The van der Waals surface area contributed by atoms with Crippen molar-refractivity contribution in [3.8, 4) is 0 Å². The van der Waals surface area contributed by atoms with Crippen LogP contribution in [0, 0.1) is 5.41 Å². The lowest BCUT2D eigenvalue weighted by Crippen LogP contribution is -1.87. The molecule has 0 aliphatic rings. The maximum atomic E-state index is 7.12. The second kappa shape index (κ2) is 2.26. The normalized spacial score (nSPS) is 8.50. The predicted octanol–water partition coefficient (Wildman–Crippen LogP) is 1.17. The van der Waals surface area contributed by atoms with Crippen molar-refractivity contribution in [1.29, 1.82) is 5.41 Å². The molecule has 0 aliphatic carbocycles. The summed E-state index contributed by atoms with van der Waals surface area (Å²) in [6, 6.07) is 11.0. The maximum Gasteiger partial charge on any atom is 0.0539 e. The van der Waals surface area contributed by atoms with Crippen molar-refractivity contribution in [1.82, 2.24) is 0 Å². The number of hydrogen-bond donors (Lipinski definition) is 1. The van der Waals surface area contributed by atoms with E-state index in [1.807, 2.05) is 24.3 Å². The minimum absolute atomic E-state index is 0.551. The van der Waals surface area contributed by atoms with E-state index in [2.05, 4.69) is 0 Å². The zero-order valence-electron chi connectivity index (χ0n) is 4.46. The Balaban J connectivity index is 3.32. The van der Waals surface area contributed by atoms with Gasteiger partial charge in [-0.05, 0) is 12.1 Å². The number of hydrogen-bond acceptors (Lipinski definition) is 1. The average molecular weight is 105 g/mol. The zero-order chi connectivity index (χ0) is 5.82. The number of nitrogens with one attached hydrogen (secondary N) is 1. The molecule has 1 rings (SSSR count). The third-order valence-corrected chi connectivity index (χ3v) is 0.885. The summed E-state index contributed by atoms with van der Waals surface area (Å²) in [4.78, 5) is 0. The summed E-state index contributed by atoms with van der Waals surface area (Å²) in [6.45, 7) is 0. The van der Waals surface area contributed by atoms with Gasteiger partial charge in [-0.2, -0.15) is 0 Å². The van der Waals surface area contributed by atoms with E-state index >= 15 is 0 Å². The molecular formula is C7H7N. The van der Waals surface area contributed by atoms with Crippen LogP contribution in [0.25, 0.3) is 0 Å². The van der Waals surface area contributed by atoms with Gasteiger partial charge in [0.25, 0.3) is 0 Å². The molecule has 1 N–H and O–H groups in total. The van der Waals surface area contributed by atoms with Crippen LogP contribution in [0.5, 0.6) is 0 Å². The van der Waals surface area contributed by atoms with Crippen molar-refractivity contribution in [2.45, 2.75) is 0 Å². The molecule has 0 bridgehead atoms. The molecule has 0 fully saturated rings. The average Bonchev–Trinajstić information content (AvgIpc) is 1.94.